The summed E-state index contributed by atoms with van der Waals surface area (Å²) >= 11 is 0.981. The van der Waals surface area contributed by atoms with Gasteiger partial charge in [0.1, 0.15) is 12.1 Å². The van der Waals surface area contributed by atoms with E-state index in [9.17, 15) is 24.3 Å². The van der Waals surface area contributed by atoms with Crippen LogP contribution in [0, 0.1) is 5.41 Å². The van der Waals surface area contributed by atoms with Crippen LogP contribution in [0.15, 0.2) is 0 Å². The molecule has 0 aromatic heterocycles. The number of carbonyl (C=O) groups is 4. The Morgan fingerprint density at radius 3 is 2.30 bits per heavy atom. The van der Waals surface area contributed by atoms with Gasteiger partial charge in [-0.05, 0) is 6.42 Å². The minimum absolute atomic E-state index is 0.00406. The van der Waals surface area contributed by atoms with Crippen molar-refractivity contribution in [2.24, 2.45) is 11.1 Å². The summed E-state index contributed by atoms with van der Waals surface area (Å²) < 4.78 is 0. The molecule has 0 aliphatic rings. The predicted molar refractivity (Wildman–Crippen MR) is 99.8 cm³/mol. The number of carboxylic acids is 1. The molecule has 27 heavy (non-hydrogen) atoms. The summed E-state index contributed by atoms with van der Waals surface area (Å²) in [5.74, 6) is -1.81. The quantitative estimate of drug-likeness (QED) is 0.197. The van der Waals surface area contributed by atoms with Crippen LogP contribution in [0.5, 0.6) is 0 Å². The fourth-order valence-corrected chi connectivity index (χ4v) is 2.44. The van der Waals surface area contributed by atoms with E-state index in [1.807, 2.05) is 0 Å². The number of nitrogens with two attached hydrogens (primary N) is 1. The van der Waals surface area contributed by atoms with Crippen molar-refractivity contribution in [1.82, 2.24) is 10.6 Å². The Hall–Kier alpha value is -1.69. The lowest BCUT2D eigenvalue weighted by atomic mass is 9.87. The summed E-state index contributed by atoms with van der Waals surface area (Å²) in [6.45, 7) is 2.99. The first-order chi connectivity index (χ1) is 12.5. The average molecular weight is 407 g/mol. The third kappa shape index (κ3) is 10.9. The SMILES string of the molecule is CC(C)(CO)C(O)C(=O)NCCC(=O)NCCSC(=O)CCC(N)C(=O)O. The Balaban J connectivity index is 3.85. The zero-order chi connectivity index (χ0) is 21.0. The molecule has 0 fully saturated rings. The van der Waals surface area contributed by atoms with E-state index in [2.05, 4.69) is 10.6 Å². The number of aliphatic carboxylic acids is 1. The maximum Gasteiger partial charge on any atom is 0.320 e. The molecule has 0 aromatic rings. The molecule has 0 aromatic carbocycles. The Morgan fingerprint density at radius 1 is 1.11 bits per heavy atom. The van der Waals surface area contributed by atoms with Gasteiger partial charge in [-0.15, -0.1) is 0 Å². The number of amides is 2. The molecule has 0 radical (unpaired) electrons. The van der Waals surface area contributed by atoms with Crippen molar-refractivity contribution in [2.45, 2.75) is 45.3 Å². The Kier molecular flexibility index (Phi) is 11.9. The van der Waals surface area contributed by atoms with E-state index >= 15 is 0 Å². The fourth-order valence-electron chi connectivity index (χ4n) is 1.75. The molecule has 0 rings (SSSR count). The number of hydrogen-bond acceptors (Lipinski definition) is 8. The number of hydrogen-bond donors (Lipinski definition) is 6. The van der Waals surface area contributed by atoms with Gasteiger partial charge in [0.25, 0.3) is 0 Å². The molecule has 156 valence electrons. The molecule has 0 saturated heterocycles. The first kappa shape index (κ1) is 25.3. The van der Waals surface area contributed by atoms with Gasteiger partial charge in [0.05, 0.1) is 6.61 Å². The molecule has 0 aliphatic heterocycles. The van der Waals surface area contributed by atoms with Crippen molar-refractivity contribution < 1.29 is 34.5 Å². The number of carboxylic acid groups (broad SMARTS) is 1. The van der Waals surface area contributed by atoms with Crippen LogP contribution in [0.25, 0.3) is 0 Å². The number of carbonyl (C=O) groups excluding carboxylic acids is 3. The van der Waals surface area contributed by atoms with Crippen LogP contribution in [0.1, 0.15) is 33.1 Å². The normalized spacial score (nSPS) is 13.5. The molecule has 2 amide bonds. The van der Waals surface area contributed by atoms with E-state index in [1.165, 1.54) is 13.8 Å². The van der Waals surface area contributed by atoms with Gasteiger partial charge in [-0.25, -0.2) is 0 Å². The van der Waals surface area contributed by atoms with Gasteiger partial charge in [-0.1, -0.05) is 25.6 Å². The highest BCUT2D eigenvalue weighted by Crippen LogP contribution is 2.19. The first-order valence-electron chi connectivity index (χ1n) is 8.48. The number of thioether (sulfide) groups is 1. The van der Waals surface area contributed by atoms with E-state index < -0.39 is 29.4 Å². The van der Waals surface area contributed by atoms with Gasteiger partial charge in [0.15, 0.2) is 5.12 Å². The number of aliphatic hydroxyl groups excluding tert-OH is 2. The van der Waals surface area contributed by atoms with Gasteiger partial charge in [-0.3, -0.25) is 19.2 Å². The van der Waals surface area contributed by atoms with Gasteiger partial charge < -0.3 is 31.7 Å². The lowest BCUT2D eigenvalue weighted by molar-refractivity contribution is -0.139. The lowest BCUT2D eigenvalue weighted by Crippen LogP contribution is -2.46. The van der Waals surface area contributed by atoms with Crippen LogP contribution in [-0.4, -0.2) is 75.8 Å². The standard InChI is InChI=1S/C16H29N3O7S/c1-16(2,9-20)13(23)14(24)19-6-5-11(21)18-7-8-27-12(22)4-3-10(17)15(25)26/h10,13,20,23H,3-9,17H2,1-2H3,(H,18,21)(H,19,24)(H,25,26). The molecule has 0 saturated carbocycles. The largest absolute Gasteiger partial charge is 0.480 e. The minimum atomic E-state index is -1.39. The molecule has 2 unspecified atom stereocenters. The highest BCUT2D eigenvalue weighted by Gasteiger charge is 2.32. The summed E-state index contributed by atoms with van der Waals surface area (Å²) in [5.41, 5.74) is 4.32. The van der Waals surface area contributed by atoms with Crippen LogP contribution in [0.3, 0.4) is 0 Å². The summed E-state index contributed by atoms with van der Waals surface area (Å²) in [5, 5.41) is 32.3. The number of aliphatic hydroxyl groups is 2. The fraction of sp³-hybridized carbons (Fsp3) is 0.750. The van der Waals surface area contributed by atoms with Crippen LogP contribution >= 0.6 is 11.8 Å². The highest BCUT2D eigenvalue weighted by atomic mass is 32.2. The van der Waals surface area contributed by atoms with E-state index in [0.29, 0.717) is 5.75 Å². The van der Waals surface area contributed by atoms with Gasteiger partial charge >= 0.3 is 5.97 Å². The average Bonchev–Trinajstić information content (AvgIpc) is 2.62. The van der Waals surface area contributed by atoms with Gasteiger partial charge in [-0.2, -0.15) is 0 Å². The Labute approximate surface area is 162 Å². The molecule has 0 aliphatic carbocycles. The van der Waals surface area contributed by atoms with E-state index in [1.54, 1.807) is 0 Å². The van der Waals surface area contributed by atoms with Crippen molar-refractivity contribution in [1.29, 1.82) is 0 Å². The van der Waals surface area contributed by atoms with E-state index in [-0.39, 0.29) is 50.0 Å². The topological polar surface area (TPSA) is 179 Å². The summed E-state index contributed by atoms with van der Waals surface area (Å²) in [6.07, 6.45) is -1.27. The Bertz CT molecular complexity index is 528. The van der Waals surface area contributed by atoms with Crippen LogP contribution < -0.4 is 16.4 Å². The lowest BCUT2D eigenvalue weighted by Gasteiger charge is -2.27. The molecule has 11 heteroatoms. The smallest absolute Gasteiger partial charge is 0.320 e. The van der Waals surface area contributed by atoms with Crippen molar-refractivity contribution in [3.63, 3.8) is 0 Å². The molecule has 0 heterocycles. The number of rotatable bonds is 13. The Morgan fingerprint density at radius 2 is 1.74 bits per heavy atom. The first-order valence-corrected chi connectivity index (χ1v) is 9.47. The molecular weight excluding hydrogens is 378 g/mol. The summed E-state index contributed by atoms with van der Waals surface area (Å²) in [6, 6.07) is -1.06. The van der Waals surface area contributed by atoms with Crippen LogP contribution in [-0.2, 0) is 19.2 Å². The van der Waals surface area contributed by atoms with Crippen molar-refractivity contribution in [3.05, 3.63) is 0 Å². The highest BCUT2D eigenvalue weighted by molar-refractivity contribution is 8.13. The van der Waals surface area contributed by atoms with E-state index in [0.717, 1.165) is 11.8 Å². The molecular formula is C16H29N3O7S. The summed E-state index contributed by atoms with van der Waals surface area (Å²) in [7, 11) is 0. The van der Waals surface area contributed by atoms with Crippen molar-refractivity contribution in [2.75, 3.05) is 25.4 Å². The second kappa shape index (κ2) is 12.7. The maximum absolute atomic E-state index is 11.7. The van der Waals surface area contributed by atoms with Crippen molar-refractivity contribution in [3.8, 4) is 0 Å². The second-order valence-corrected chi connectivity index (χ2v) is 7.80. The molecule has 7 N–H and O–H groups in total. The number of nitrogens with one attached hydrogen (secondary N) is 2. The molecule has 10 nitrogen and oxygen atoms in total. The van der Waals surface area contributed by atoms with Gasteiger partial charge in [0.2, 0.25) is 11.8 Å². The third-order valence-corrected chi connectivity index (χ3v) is 4.65. The minimum Gasteiger partial charge on any atom is -0.480 e. The molecule has 0 bridgehead atoms. The summed E-state index contributed by atoms with van der Waals surface area (Å²) in [4.78, 5) is 45.4. The van der Waals surface area contributed by atoms with Crippen LogP contribution in [0.2, 0.25) is 0 Å². The monoisotopic (exact) mass is 407 g/mol. The zero-order valence-electron chi connectivity index (χ0n) is 15.6. The van der Waals surface area contributed by atoms with E-state index in [4.69, 9.17) is 15.9 Å². The molecule has 0 spiro atoms. The van der Waals surface area contributed by atoms with Crippen LogP contribution in [0.4, 0.5) is 0 Å². The zero-order valence-corrected chi connectivity index (χ0v) is 16.4. The third-order valence-electron chi connectivity index (χ3n) is 3.71. The predicted octanol–water partition coefficient (Wildman–Crippen LogP) is -1.56. The second-order valence-electron chi connectivity index (χ2n) is 6.64. The maximum atomic E-state index is 11.7. The van der Waals surface area contributed by atoms with Crippen molar-refractivity contribution >= 4 is 34.7 Å². The molecule has 2 atom stereocenters. The van der Waals surface area contributed by atoms with Gasteiger partial charge in [0, 0.05) is 37.1 Å².